The smallest absolute Gasteiger partial charge is 0.266 e. The maximum Gasteiger partial charge on any atom is 0.266 e. The van der Waals surface area contributed by atoms with Crippen molar-refractivity contribution in [1.29, 1.82) is 0 Å². The Kier molecular flexibility index (Phi) is 11.0. The first-order chi connectivity index (χ1) is 25.2. The lowest BCUT2D eigenvalue weighted by Crippen LogP contribution is -2.29. The monoisotopic (exact) mass is 692 g/mol. The Balaban J connectivity index is 1.05. The summed E-state index contributed by atoms with van der Waals surface area (Å²) in [6, 6.07) is 34.7. The summed E-state index contributed by atoms with van der Waals surface area (Å²) in [7, 11) is 0. The molecule has 9 nitrogen and oxygen atoms in total. The third kappa shape index (κ3) is 8.50. The maximum absolute atomic E-state index is 13.5. The van der Waals surface area contributed by atoms with E-state index in [0.717, 1.165) is 51.4 Å². The fourth-order valence-corrected chi connectivity index (χ4v) is 6.07. The van der Waals surface area contributed by atoms with E-state index in [1.54, 1.807) is 18.2 Å². The van der Waals surface area contributed by atoms with Crippen LogP contribution in [-0.2, 0) is 22.4 Å². The van der Waals surface area contributed by atoms with Crippen LogP contribution >= 0.6 is 0 Å². The van der Waals surface area contributed by atoms with Gasteiger partial charge in [0.2, 0.25) is 11.8 Å². The van der Waals surface area contributed by atoms with E-state index in [4.69, 9.17) is 0 Å². The molecule has 1 aliphatic rings. The predicted molar refractivity (Wildman–Crippen MR) is 204 cm³/mol. The fourth-order valence-electron chi connectivity index (χ4n) is 6.07. The number of nitrogens with zero attached hydrogens (tertiary/aromatic N) is 1. The fraction of sp³-hybridized carbons (Fsp3) is 0.186. The van der Waals surface area contributed by atoms with Crippen LogP contribution in [0.3, 0.4) is 0 Å². The first-order valence-electron chi connectivity index (χ1n) is 17.5. The number of imide groups is 1. The zero-order chi connectivity index (χ0) is 36.6. The summed E-state index contributed by atoms with van der Waals surface area (Å²) >= 11 is 0. The largest absolute Gasteiger partial charge is 0.326 e. The van der Waals surface area contributed by atoms with Gasteiger partial charge in [-0.3, -0.25) is 24.0 Å². The van der Waals surface area contributed by atoms with Gasteiger partial charge in [-0.05, 0) is 115 Å². The van der Waals surface area contributed by atoms with E-state index in [9.17, 15) is 24.0 Å². The highest BCUT2D eigenvalue weighted by Crippen LogP contribution is 2.30. The van der Waals surface area contributed by atoms with E-state index >= 15 is 0 Å². The van der Waals surface area contributed by atoms with Gasteiger partial charge in [-0.25, -0.2) is 4.90 Å². The van der Waals surface area contributed by atoms with Crippen LogP contribution in [0.5, 0.6) is 0 Å². The summed E-state index contributed by atoms with van der Waals surface area (Å²) < 4.78 is 0. The van der Waals surface area contributed by atoms with Gasteiger partial charge >= 0.3 is 0 Å². The molecule has 0 unspecified atom stereocenters. The summed E-state index contributed by atoms with van der Waals surface area (Å²) in [5, 5.41) is 8.66. The average Bonchev–Trinajstić information content (AvgIpc) is 3.39. The van der Waals surface area contributed by atoms with Crippen molar-refractivity contribution >= 4 is 52.3 Å². The molecule has 52 heavy (non-hydrogen) atoms. The number of hydrogen-bond acceptors (Lipinski definition) is 5. The Morgan fingerprint density at radius 1 is 0.500 bits per heavy atom. The molecule has 0 spiro atoms. The van der Waals surface area contributed by atoms with Crippen LogP contribution in [0.25, 0.3) is 0 Å². The predicted octanol–water partition coefficient (Wildman–Crippen LogP) is 8.40. The molecule has 5 amide bonds. The van der Waals surface area contributed by atoms with Crippen LogP contribution in [0.4, 0.5) is 22.7 Å². The molecule has 0 bridgehead atoms. The number of nitrogens with one attached hydrogen (secondary N) is 3. The summed E-state index contributed by atoms with van der Waals surface area (Å²) in [6.07, 6.45) is 3.89. The van der Waals surface area contributed by atoms with Crippen LogP contribution in [0.2, 0.25) is 0 Å². The number of carbonyl (C=O) groups excluding carboxylic acids is 5. The highest BCUT2D eigenvalue weighted by atomic mass is 16.2. The van der Waals surface area contributed by atoms with Crippen molar-refractivity contribution in [3.63, 3.8) is 0 Å². The van der Waals surface area contributed by atoms with Gasteiger partial charge in [0.1, 0.15) is 0 Å². The van der Waals surface area contributed by atoms with Crippen molar-refractivity contribution in [2.24, 2.45) is 0 Å². The highest BCUT2D eigenvalue weighted by Gasteiger charge is 2.37. The number of benzene rings is 5. The zero-order valence-electron chi connectivity index (χ0n) is 29.2. The summed E-state index contributed by atoms with van der Waals surface area (Å²) in [5.41, 5.74) is 7.46. The topological polar surface area (TPSA) is 125 Å². The summed E-state index contributed by atoms with van der Waals surface area (Å²) in [6.45, 7) is 3.93. The lowest BCUT2D eigenvalue weighted by atomic mass is 10.0. The highest BCUT2D eigenvalue weighted by molar-refractivity contribution is 6.34. The molecule has 0 saturated heterocycles. The number of anilines is 4. The molecular formula is C43H40N4O5. The Morgan fingerprint density at radius 3 is 1.35 bits per heavy atom. The van der Waals surface area contributed by atoms with Crippen molar-refractivity contribution in [3.05, 3.63) is 154 Å². The first-order valence-corrected chi connectivity index (χ1v) is 17.5. The molecule has 1 heterocycles. The Bertz CT molecular complexity index is 2110. The molecule has 5 aromatic rings. The van der Waals surface area contributed by atoms with Gasteiger partial charge in [-0.2, -0.15) is 0 Å². The number of rotatable bonds is 13. The first kappa shape index (κ1) is 35.5. The quantitative estimate of drug-likeness (QED) is 0.107. The lowest BCUT2D eigenvalue weighted by molar-refractivity contribution is -0.117. The lowest BCUT2D eigenvalue weighted by Gasteiger charge is -2.14. The maximum atomic E-state index is 13.5. The minimum absolute atomic E-state index is 0.00312. The van der Waals surface area contributed by atoms with Gasteiger partial charge < -0.3 is 16.0 Å². The number of fused-ring (bicyclic) bond motifs is 1. The molecule has 3 N–H and O–H groups in total. The Hall–Kier alpha value is -6.35. The molecule has 9 heteroatoms. The second-order valence-electron chi connectivity index (χ2n) is 12.9. The van der Waals surface area contributed by atoms with E-state index < -0.39 is 17.7 Å². The van der Waals surface area contributed by atoms with Gasteiger partial charge in [0.15, 0.2) is 0 Å². The van der Waals surface area contributed by atoms with E-state index in [1.807, 2.05) is 98.8 Å². The molecule has 1 aliphatic heterocycles. The molecular weight excluding hydrogens is 652 g/mol. The van der Waals surface area contributed by atoms with Crippen LogP contribution in [-0.4, -0.2) is 29.5 Å². The van der Waals surface area contributed by atoms with Crippen molar-refractivity contribution < 1.29 is 24.0 Å². The number of carbonyl (C=O) groups is 5. The van der Waals surface area contributed by atoms with Crippen LogP contribution in [0.15, 0.2) is 115 Å². The third-order valence-corrected chi connectivity index (χ3v) is 8.80. The molecule has 0 aliphatic carbocycles. The Labute approximate surface area is 303 Å². The van der Waals surface area contributed by atoms with E-state index in [1.165, 1.54) is 12.1 Å². The van der Waals surface area contributed by atoms with Crippen LogP contribution in [0, 0.1) is 0 Å². The molecule has 0 saturated carbocycles. The van der Waals surface area contributed by atoms with Crippen molar-refractivity contribution in [2.45, 2.75) is 52.4 Å². The van der Waals surface area contributed by atoms with Gasteiger partial charge in [-0.15, -0.1) is 0 Å². The van der Waals surface area contributed by atoms with Crippen LogP contribution in [0.1, 0.15) is 92.9 Å². The van der Waals surface area contributed by atoms with E-state index in [2.05, 4.69) is 16.0 Å². The second kappa shape index (κ2) is 16.1. The average molecular weight is 693 g/mol. The van der Waals surface area contributed by atoms with Gasteiger partial charge in [0, 0.05) is 35.5 Å². The standard InChI is InChI=1S/C43H40N4O5/c1-3-5-39(48)44-33-16-7-28(8-17-33)25-30-11-20-35(21-12-30)46-41(50)32-15-24-37-38(27-32)43(52)47(42(37)51)36-22-13-31(14-23-36)26-29-9-18-34(19-10-29)45-40(49)6-4-2/h7-24,27H,3-6,25-26H2,1-2H3,(H,44,48)(H,45,49)(H,46,50). The Morgan fingerprint density at radius 2 is 0.904 bits per heavy atom. The summed E-state index contributed by atoms with van der Waals surface area (Å²) in [4.78, 5) is 64.8. The summed E-state index contributed by atoms with van der Waals surface area (Å²) in [5.74, 6) is -1.32. The van der Waals surface area contributed by atoms with Crippen LogP contribution < -0.4 is 20.9 Å². The van der Waals surface area contributed by atoms with E-state index in [-0.39, 0.29) is 28.5 Å². The minimum Gasteiger partial charge on any atom is -0.326 e. The van der Waals surface area contributed by atoms with E-state index in [0.29, 0.717) is 37.1 Å². The van der Waals surface area contributed by atoms with Crippen molar-refractivity contribution in [2.75, 3.05) is 20.9 Å². The van der Waals surface area contributed by atoms with Crippen molar-refractivity contribution in [1.82, 2.24) is 0 Å². The number of hydrogen-bond donors (Lipinski definition) is 3. The third-order valence-electron chi connectivity index (χ3n) is 8.80. The SMILES string of the molecule is CCCC(=O)Nc1ccc(Cc2ccc(NC(=O)c3ccc4c(c3)C(=O)N(c3ccc(Cc5ccc(NC(=O)CCC)cc5)cc3)C4=O)cc2)cc1. The van der Waals surface area contributed by atoms with Crippen molar-refractivity contribution in [3.8, 4) is 0 Å². The molecule has 0 aromatic heterocycles. The molecule has 6 rings (SSSR count). The van der Waals surface area contributed by atoms with Gasteiger partial charge in [0.05, 0.1) is 16.8 Å². The molecule has 262 valence electrons. The minimum atomic E-state index is -0.483. The van der Waals surface area contributed by atoms with Gasteiger partial charge in [-0.1, -0.05) is 62.4 Å². The molecule has 5 aromatic carbocycles. The normalized spacial score (nSPS) is 12.0. The molecule has 0 atom stereocenters. The second-order valence-corrected chi connectivity index (χ2v) is 12.9. The molecule has 0 fully saturated rings. The zero-order valence-corrected chi connectivity index (χ0v) is 29.2. The molecule has 0 radical (unpaired) electrons. The number of amides is 5. The van der Waals surface area contributed by atoms with Gasteiger partial charge in [0.25, 0.3) is 17.7 Å².